The fourth-order valence-corrected chi connectivity index (χ4v) is 0.834. The van der Waals surface area contributed by atoms with Crippen molar-refractivity contribution in [2.75, 3.05) is 19.6 Å². The van der Waals surface area contributed by atoms with E-state index in [1.54, 1.807) is 6.07 Å². The maximum Gasteiger partial charge on any atom is 0.304 e. The Morgan fingerprint density at radius 2 is 1.93 bits per heavy atom. The molecule has 0 rings (SSSR count). The molecular formula is C10H21N3O2. The summed E-state index contributed by atoms with van der Waals surface area (Å²) in [6.45, 7) is 9.60. The lowest BCUT2D eigenvalue weighted by atomic mass is 10.3. The van der Waals surface area contributed by atoms with Crippen molar-refractivity contribution >= 4 is 5.97 Å². The number of hydrazine groups is 1. The Hall–Kier alpha value is -1.12. The summed E-state index contributed by atoms with van der Waals surface area (Å²) in [5, 5.41) is 17.9. The Morgan fingerprint density at radius 1 is 1.40 bits per heavy atom. The molecule has 15 heavy (non-hydrogen) atoms. The van der Waals surface area contributed by atoms with E-state index in [1.165, 1.54) is 0 Å². The van der Waals surface area contributed by atoms with Gasteiger partial charge in [0.15, 0.2) is 0 Å². The molecule has 0 aromatic carbocycles. The number of nitriles is 1. The van der Waals surface area contributed by atoms with Crippen LogP contribution in [0.1, 0.15) is 33.6 Å². The van der Waals surface area contributed by atoms with Gasteiger partial charge in [-0.1, -0.05) is 20.8 Å². The quantitative estimate of drug-likeness (QED) is 0.652. The number of rotatable bonds is 6. The van der Waals surface area contributed by atoms with Gasteiger partial charge in [0, 0.05) is 26.1 Å². The standard InChI is InChI=1S/C6H16N2.C4H5NO2/c1-4-7-8(5-2)6-3;5-3-1-2-4(6)7/h7H,4-6H2,1-3H3;1-2H2,(H,6,7). The predicted molar refractivity (Wildman–Crippen MR) is 59.1 cm³/mol. The zero-order valence-corrected chi connectivity index (χ0v) is 9.79. The van der Waals surface area contributed by atoms with Crippen LogP contribution in [-0.4, -0.2) is 35.7 Å². The Balaban J connectivity index is 0. The molecule has 0 aromatic heterocycles. The zero-order valence-electron chi connectivity index (χ0n) is 9.79. The summed E-state index contributed by atoms with van der Waals surface area (Å²) in [4.78, 5) is 9.61. The van der Waals surface area contributed by atoms with Crippen LogP contribution in [0.2, 0.25) is 0 Å². The summed E-state index contributed by atoms with van der Waals surface area (Å²) in [7, 11) is 0. The molecule has 0 saturated carbocycles. The number of nitrogens with zero attached hydrogens (tertiary/aromatic N) is 2. The van der Waals surface area contributed by atoms with E-state index in [0.717, 1.165) is 19.6 Å². The minimum Gasteiger partial charge on any atom is -0.481 e. The fraction of sp³-hybridized carbons (Fsp3) is 0.800. The van der Waals surface area contributed by atoms with Gasteiger partial charge >= 0.3 is 5.97 Å². The van der Waals surface area contributed by atoms with E-state index in [4.69, 9.17) is 10.4 Å². The van der Waals surface area contributed by atoms with Crippen molar-refractivity contribution < 1.29 is 9.90 Å². The average Bonchev–Trinajstić information content (AvgIpc) is 2.23. The van der Waals surface area contributed by atoms with Gasteiger partial charge in [0.2, 0.25) is 0 Å². The van der Waals surface area contributed by atoms with Crippen LogP contribution in [-0.2, 0) is 4.79 Å². The molecule has 0 radical (unpaired) electrons. The van der Waals surface area contributed by atoms with E-state index in [9.17, 15) is 4.79 Å². The summed E-state index contributed by atoms with van der Waals surface area (Å²) in [6.07, 6.45) is 0.0613. The Morgan fingerprint density at radius 3 is 2.07 bits per heavy atom. The Kier molecular flexibility index (Phi) is 14.0. The van der Waals surface area contributed by atoms with Crippen LogP contribution in [0.25, 0.3) is 0 Å². The maximum atomic E-state index is 9.61. The molecule has 88 valence electrons. The molecule has 0 amide bonds. The third kappa shape index (κ3) is 15.6. The van der Waals surface area contributed by atoms with Gasteiger partial charge in [-0.25, -0.2) is 5.01 Å². The summed E-state index contributed by atoms with van der Waals surface area (Å²) < 4.78 is 0. The van der Waals surface area contributed by atoms with Crippen molar-refractivity contribution in [3.63, 3.8) is 0 Å². The van der Waals surface area contributed by atoms with Crippen LogP contribution in [0.3, 0.4) is 0 Å². The molecule has 0 bridgehead atoms. The summed E-state index contributed by atoms with van der Waals surface area (Å²) in [6, 6.07) is 1.72. The number of carboxylic acids is 1. The molecular weight excluding hydrogens is 194 g/mol. The number of hydrogen-bond donors (Lipinski definition) is 2. The molecule has 0 unspecified atom stereocenters. The number of aliphatic carboxylic acids is 1. The number of carboxylic acid groups (broad SMARTS) is 1. The second-order valence-electron chi connectivity index (χ2n) is 2.74. The van der Waals surface area contributed by atoms with Crippen molar-refractivity contribution in [1.82, 2.24) is 10.4 Å². The first-order valence-electron chi connectivity index (χ1n) is 5.19. The molecule has 5 nitrogen and oxygen atoms in total. The normalized spacial score (nSPS) is 9.00. The SMILES string of the molecule is CCNN(CC)CC.N#CCCC(=O)O. The summed E-state index contributed by atoms with van der Waals surface area (Å²) in [5.41, 5.74) is 3.22. The van der Waals surface area contributed by atoms with E-state index in [-0.39, 0.29) is 12.8 Å². The Bertz CT molecular complexity index is 186. The first-order chi connectivity index (χ1) is 7.12. The molecule has 0 saturated heterocycles. The van der Waals surface area contributed by atoms with E-state index in [0.29, 0.717) is 0 Å². The number of carbonyl (C=O) groups is 1. The fourth-order valence-electron chi connectivity index (χ4n) is 0.834. The highest BCUT2D eigenvalue weighted by atomic mass is 16.4. The summed E-state index contributed by atoms with van der Waals surface area (Å²) in [5.74, 6) is -0.915. The van der Waals surface area contributed by atoms with Crippen LogP contribution in [0, 0.1) is 11.3 Å². The van der Waals surface area contributed by atoms with Gasteiger partial charge in [-0.15, -0.1) is 0 Å². The van der Waals surface area contributed by atoms with Crippen LogP contribution < -0.4 is 5.43 Å². The van der Waals surface area contributed by atoms with Crippen molar-refractivity contribution in [2.45, 2.75) is 33.6 Å². The molecule has 0 spiro atoms. The third-order valence-electron chi connectivity index (χ3n) is 1.60. The minimum atomic E-state index is -0.915. The first-order valence-corrected chi connectivity index (χ1v) is 5.19. The van der Waals surface area contributed by atoms with Crippen LogP contribution >= 0.6 is 0 Å². The van der Waals surface area contributed by atoms with Crippen LogP contribution in [0.5, 0.6) is 0 Å². The van der Waals surface area contributed by atoms with Crippen LogP contribution in [0.4, 0.5) is 0 Å². The lowest BCUT2D eigenvalue weighted by Crippen LogP contribution is -2.37. The lowest BCUT2D eigenvalue weighted by Gasteiger charge is -2.17. The van der Waals surface area contributed by atoms with Gasteiger partial charge < -0.3 is 5.11 Å². The van der Waals surface area contributed by atoms with Crippen molar-refractivity contribution in [1.29, 1.82) is 5.26 Å². The molecule has 0 heterocycles. The van der Waals surface area contributed by atoms with E-state index >= 15 is 0 Å². The highest BCUT2D eigenvalue weighted by Gasteiger charge is 1.91. The van der Waals surface area contributed by atoms with E-state index in [2.05, 4.69) is 31.2 Å². The number of nitrogens with one attached hydrogen (secondary N) is 1. The minimum absolute atomic E-state index is 0.0451. The van der Waals surface area contributed by atoms with Gasteiger partial charge in [-0.05, 0) is 0 Å². The second-order valence-corrected chi connectivity index (χ2v) is 2.74. The number of hydrogen-bond acceptors (Lipinski definition) is 4. The molecule has 0 aliphatic heterocycles. The van der Waals surface area contributed by atoms with Gasteiger partial charge in [0.25, 0.3) is 0 Å². The second kappa shape index (κ2) is 12.9. The predicted octanol–water partition coefficient (Wildman–Crippen LogP) is 1.23. The average molecular weight is 215 g/mol. The van der Waals surface area contributed by atoms with Crippen molar-refractivity contribution in [2.24, 2.45) is 0 Å². The van der Waals surface area contributed by atoms with Gasteiger partial charge in [-0.2, -0.15) is 5.26 Å². The topological polar surface area (TPSA) is 76.4 Å². The molecule has 0 aliphatic carbocycles. The highest BCUT2D eigenvalue weighted by molar-refractivity contribution is 5.66. The monoisotopic (exact) mass is 215 g/mol. The summed E-state index contributed by atoms with van der Waals surface area (Å²) >= 11 is 0. The van der Waals surface area contributed by atoms with Gasteiger partial charge in [0.1, 0.15) is 0 Å². The Labute approximate surface area is 91.7 Å². The molecule has 0 atom stereocenters. The largest absolute Gasteiger partial charge is 0.481 e. The van der Waals surface area contributed by atoms with Crippen LogP contribution in [0.15, 0.2) is 0 Å². The van der Waals surface area contributed by atoms with Gasteiger partial charge in [-0.3, -0.25) is 10.2 Å². The lowest BCUT2D eigenvalue weighted by molar-refractivity contribution is -0.136. The van der Waals surface area contributed by atoms with Crippen molar-refractivity contribution in [3.8, 4) is 6.07 Å². The molecule has 0 aliphatic rings. The smallest absolute Gasteiger partial charge is 0.304 e. The van der Waals surface area contributed by atoms with E-state index < -0.39 is 5.97 Å². The molecule has 2 N–H and O–H groups in total. The maximum absolute atomic E-state index is 9.61. The molecule has 0 aromatic rings. The van der Waals surface area contributed by atoms with Crippen molar-refractivity contribution in [3.05, 3.63) is 0 Å². The zero-order chi connectivity index (χ0) is 12.1. The first kappa shape index (κ1) is 16.3. The molecule has 5 heteroatoms. The molecule has 0 fully saturated rings. The van der Waals surface area contributed by atoms with E-state index in [1.807, 2.05) is 0 Å². The van der Waals surface area contributed by atoms with Gasteiger partial charge in [0.05, 0.1) is 12.5 Å². The third-order valence-corrected chi connectivity index (χ3v) is 1.60. The highest BCUT2D eigenvalue weighted by Crippen LogP contribution is 1.82.